The molecule has 0 radical (unpaired) electrons. The molecule has 2 fully saturated rings. The summed E-state index contributed by atoms with van der Waals surface area (Å²) in [6.45, 7) is 2.68. The van der Waals surface area contributed by atoms with E-state index in [1.54, 1.807) is 18.5 Å². The summed E-state index contributed by atoms with van der Waals surface area (Å²) in [6.07, 6.45) is 8.81. The minimum absolute atomic E-state index is 0.0747. The van der Waals surface area contributed by atoms with E-state index in [9.17, 15) is 9.90 Å². The number of aromatic nitrogens is 1. The molecule has 0 spiro atoms. The van der Waals surface area contributed by atoms with E-state index in [1.807, 2.05) is 26.2 Å². The van der Waals surface area contributed by atoms with Gasteiger partial charge in [0.2, 0.25) is 0 Å². The van der Waals surface area contributed by atoms with Crippen LogP contribution in [-0.4, -0.2) is 48.3 Å². The van der Waals surface area contributed by atoms with Gasteiger partial charge in [-0.05, 0) is 84.2 Å². The number of pyridine rings is 1. The van der Waals surface area contributed by atoms with E-state index in [-0.39, 0.29) is 23.7 Å². The molecule has 0 saturated heterocycles. The van der Waals surface area contributed by atoms with Gasteiger partial charge in [-0.1, -0.05) is 30.9 Å². The smallest absolute Gasteiger partial charge is 0.156 e. The average Bonchev–Trinajstić information content (AvgIpc) is 3.17. The first-order chi connectivity index (χ1) is 17.8. The third-order valence-corrected chi connectivity index (χ3v) is 9.27. The number of hydrogen-bond acceptors (Lipinski definition) is 5. The SMILES string of the molecule is CN(C)c1ccc(C2CC3(C)C(CCC3(O)C#Cc3ccncc3)C3OCC4=CC(=O)CCC4=C23)cc1. The minimum atomic E-state index is -1.11. The summed E-state index contributed by atoms with van der Waals surface area (Å²) in [4.78, 5) is 18.4. The third-order valence-electron chi connectivity index (χ3n) is 9.27. The lowest BCUT2D eigenvalue weighted by molar-refractivity contribution is -0.115. The molecule has 5 nitrogen and oxygen atoms in total. The summed E-state index contributed by atoms with van der Waals surface area (Å²) < 4.78 is 6.59. The second kappa shape index (κ2) is 8.97. The largest absolute Gasteiger partial charge is 0.378 e. The van der Waals surface area contributed by atoms with Crippen molar-refractivity contribution in [2.75, 3.05) is 25.6 Å². The third kappa shape index (κ3) is 3.95. The number of ketones is 1. The number of rotatable bonds is 2. The first-order valence-electron chi connectivity index (χ1n) is 13.3. The monoisotopic (exact) mass is 494 g/mol. The average molecular weight is 495 g/mol. The number of carbonyl (C=O) groups excluding carboxylic acids is 1. The normalized spacial score (nSPS) is 32.5. The van der Waals surface area contributed by atoms with E-state index in [2.05, 4.69) is 52.9 Å². The molecule has 2 aromatic rings. The molecule has 5 unspecified atom stereocenters. The Morgan fingerprint density at radius 3 is 2.59 bits per heavy atom. The molecule has 4 aliphatic rings. The maximum atomic E-state index is 12.2. The molecule has 2 saturated carbocycles. The van der Waals surface area contributed by atoms with Gasteiger partial charge in [0.15, 0.2) is 5.78 Å². The molecule has 1 aromatic heterocycles. The van der Waals surface area contributed by atoms with E-state index >= 15 is 0 Å². The summed E-state index contributed by atoms with van der Waals surface area (Å²) in [5.74, 6) is 7.01. The first kappa shape index (κ1) is 24.2. The van der Waals surface area contributed by atoms with Crippen molar-refractivity contribution >= 4 is 11.5 Å². The van der Waals surface area contributed by atoms with Gasteiger partial charge in [0.05, 0.1) is 12.7 Å². The van der Waals surface area contributed by atoms with E-state index in [1.165, 1.54) is 16.7 Å². The Bertz CT molecular complexity index is 1350. The molecule has 2 heterocycles. The van der Waals surface area contributed by atoms with Gasteiger partial charge >= 0.3 is 0 Å². The Balaban J connectivity index is 1.46. The van der Waals surface area contributed by atoms with Gasteiger partial charge in [0.25, 0.3) is 0 Å². The van der Waals surface area contributed by atoms with Crippen LogP contribution in [0.15, 0.2) is 71.6 Å². The number of allylic oxidation sites excluding steroid dienone is 1. The lowest BCUT2D eigenvalue weighted by Gasteiger charge is -2.53. The second-order valence-corrected chi connectivity index (χ2v) is 11.5. The van der Waals surface area contributed by atoms with Gasteiger partial charge in [-0.3, -0.25) is 9.78 Å². The van der Waals surface area contributed by atoms with Crippen molar-refractivity contribution in [1.82, 2.24) is 4.98 Å². The van der Waals surface area contributed by atoms with Crippen LogP contribution in [0, 0.1) is 23.2 Å². The second-order valence-electron chi connectivity index (χ2n) is 11.5. The lowest BCUT2D eigenvalue weighted by Crippen LogP contribution is -2.53. The molecule has 37 heavy (non-hydrogen) atoms. The molecule has 0 amide bonds. The fraction of sp³-hybridized carbons (Fsp3) is 0.438. The lowest BCUT2D eigenvalue weighted by atomic mass is 9.55. The van der Waals surface area contributed by atoms with Crippen LogP contribution in [0.4, 0.5) is 5.69 Å². The Hall–Kier alpha value is -3.20. The Morgan fingerprint density at radius 2 is 1.86 bits per heavy atom. The molecule has 5 heteroatoms. The molecular weight excluding hydrogens is 460 g/mol. The fourth-order valence-electron chi connectivity index (χ4n) is 7.14. The van der Waals surface area contributed by atoms with Gasteiger partial charge in [0.1, 0.15) is 5.60 Å². The number of ether oxygens (including phenoxy) is 1. The van der Waals surface area contributed by atoms with E-state index in [0.29, 0.717) is 19.4 Å². The highest BCUT2D eigenvalue weighted by molar-refractivity contribution is 5.93. The molecule has 190 valence electrons. The highest BCUT2D eigenvalue weighted by Crippen LogP contribution is 2.64. The number of aliphatic hydroxyl groups is 1. The first-order valence-corrected chi connectivity index (χ1v) is 13.3. The number of carbonyl (C=O) groups is 1. The number of nitrogens with zero attached hydrogens (tertiary/aromatic N) is 2. The van der Waals surface area contributed by atoms with Gasteiger partial charge in [-0.25, -0.2) is 0 Å². The van der Waals surface area contributed by atoms with Crippen LogP contribution in [0.3, 0.4) is 0 Å². The van der Waals surface area contributed by atoms with Crippen LogP contribution in [0.1, 0.15) is 56.1 Å². The molecule has 1 aliphatic heterocycles. The van der Waals surface area contributed by atoms with E-state index in [0.717, 1.165) is 36.1 Å². The maximum Gasteiger partial charge on any atom is 0.156 e. The number of anilines is 1. The molecule has 0 bridgehead atoms. The van der Waals surface area contributed by atoms with Crippen LogP contribution < -0.4 is 4.90 Å². The van der Waals surface area contributed by atoms with Crippen LogP contribution in [0.5, 0.6) is 0 Å². The number of fused-ring (bicyclic) bond motifs is 4. The summed E-state index contributed by atoms with van der Waals surface area (Å²) in [6, 6.07) is 12.5. The highest BCUT2D eigenvalue weighted by Gasteiger charge is 2.63. The zero-order valence-corrected chi connectivity index (χ0v) is 21.8. The predicted octanol–water partition coefficient (Wildman–Crippen LogP) is 4.82. The zero-order chi connectivity index (χ0) is 25.8. The van der Waals surface area contributed by atoms with Crippen molar-refractivity contribution in [2.24, 2.45) is 11.3 Å². The van der Waals surface area contributed by atoms with Crippen molar-refractivity contribution in [3.8, 4) is 11.8 Å². The molecule has 5 atom stereocenters. The topological polar surface area (TPSA) is 62.7 Å². The van der Waals surface area contributed by atoms with Crippen LogP contribution in [0.2, 0.25) is 0 Å². The Morgan fingerprint density at radius 1 is 1.11 bits per heavy atom. The van der Waals surface area contributed by atoms with Gasteiger partial charge in [-0.15, -0.1) is 0 Å². The van der Waals surface area contributed by atoms with Crippen LogP contribution in [0.25, 0.3) is 0 Å². The van der Waals surface area contributed by atoms with Crippen molar-refractivity contribution in [3.05, 3.63) is 82.7 Å². The number of benzene rings is 1. The van der Waals surface area contributed by atoms with Crippen LogP contribution in [-0.2, 0) is 9.53 Å². The molecule has 6 rings (SSSR count). The Kier molecular flexibility index (Phi) is 5.86. The Labute approximate surface area is 219 Å². The van der Waals surface area contributed by atoms with E-state index in [4.69, 9.17) is 4.74 Å². The predicted molar refractivity (Wildman–Crippen MR) is 144 cm³/mol. The summed E-state index contributed by atoms with van der Waals surface area (Å²) in [7, 11) is 4.10. The van der Waals surface area contributed by atoms with Crippen LogP contribution >= 0.6 is 0 Å². The number of hydrogen-bond donors (Lipinski definition) is 1. The van der Waals surface area contributed by atoms with Gasteiger partial charge in [0, 0.05) is 55.5 Å². The van der Waals surface area contributed by atoms with Crippen molar-refractivity contribution in [2.45, 2.75) is 56.7 Å². The molecule has 1 aromatic carbocycles. The highest BCUT2D eigenvalue weighted by atomic mass is 16.5. The molecule has 3 aliphatic carbocycles. The van der Waals surface area contributed by atoms with Gasteiger partial charge < -0.3 is 14.7 Å². The van der Waals surface area contributed by atoms with Crippen molar-refractivity contribution < 1.29 is 14.6 Å². The van der Waals surface area contributed by atoms with Gasteiger partial charge in [-0.2, -0.15) is 0 Å². The van der Waals surface area contributed by atoms with Crippen molar-refractivity contribution in [3.63, 3.8) is 0 Å². The quantitative estimate of drug-likeness (QED) is 0.607. The fourth-order valence-corrected chi connectivity index (χ4v) is 7.14. The molecular formula is C32H34N2O3. The summed E-state index contributed by atoms with van der Waals surface area (Å²) >= 11 is 0. The minimum Gasteiger partial charge on any atom is -0.378 e. The standard InChI is InChI=1S/C32H34N2O3/c1-31-19-27(22-4-6-24(7-5-22)34(2)3)29-26-9-8-25(35)18-23(26)20-37-30(29)28(31)11-15-32(31,36)14-10-21-12-16-33-17-13-21/h4-7,12-13,16-18,27-28,30,36H,8-9,11,15,19-20H2,1-3H3. The summed E-state index contributed by atoms with van der Waals surface area (Å²) in [5.41, 5.74) is 5.40. The van der Waals surface area contributed by atoms with Crippen molar-refractivity contribution in [1.29, 1.82) is 0 Å². The molecule has 1 N–H and O–H groups in total. The van der Waals surface area contributed by atoms with E-state index < -0.39 is 11.0 Å². The zero-order valence-electron chi connectivity index (χ0n) is 21.8. The summed E-state index contributed by atoms with van der Waals surface area (Å²) in [5, 5.41) is 12.1. The maximum absolute atomic E-state index is 12.2.